The summed E-state index contributed by atoms with van der Waals surface area (Å²) >= 11 is 0. The first-order chi connectivity index (χ1) is 10.4. The minimum Gasteiger partial charge on any atom is -0.355 e. The van der Waals surface area contributed by atoms with E-state index in [9.17, 15) is 18.4 Å². The molecule has 0 saturated heterocycles. The van der Waals surface area contributed by atoms with Crippen LogP contribution in [0.3, 0.4) is 0 Å². The molecule has 1 rings (SSSR count). The molecule has 0 aliphatic heterocycles. The Labute approximate surface area is 128 Å². The summed E-state index contributed by atoms with van der Waals surface area (Å²) in [5.41, 5.74) is 0.590. The number of hydrogen-bond donors (Lipinski definition) is 3. The summed E-state index contributed by atoms with van der Waals surface area (Å²) in [6, 6.07) is 3.46. The number of amides is 2. The summed E-state index contributed by atoms with van der Waals surface area (Å²) in [5, 5.41) is 6.84. The predicted octanol–water partition coefficient (Wildman–Crippen LogP) is 0.232. The highest BCUT2D eigenvalue weighted by atomic mass is 19.2. The molecule has 1 aromatic carbocycles. The van der Waals surface area contributed by atoms with E-state index in [0.29, 0.717) is 12.1 Å². The maximum absolute atomic E-state index is 13.1. The van der Waals surface area contributed by atoms with Crippen LogP contribution in [0.25, 0.3) is 0 Å². The van der Waals surface area contributed by atoms with Gasteiger partial charge in [0.15, 0.2) is 18.2 Å². The first-order valence-electron chi connectivity index (χ1n) is 7.25. The molecule has 22 heavy (non-hydrogen) atoms. The van der Waals surface area contributed by atoms with E-state index in [1.165, 1.54) is 6.07 Å². The molecule has 0 aromatic heterocycles. The van der Waals surface area contributed by atoms with Crippen molar-refractivity contribution in [3.63, 3.8) is 0 Å². The van der Waals surface area contributed by atoms with Crippen molar-refractivity contribution in [1.82, 2.24) is 10.6 Å². The van der Waals surface area contributed by atoms with E-state index in [1.807, 2.05) is 6.92 Å². The third-order valence-corrected chi connectivity index (χ3v) is 3.14. The fourth-order valence-electron chi connectivity index (χ4n) is 1.79. The molecule has 1 aromatic rings. The van der Waals surface area contributed by atoms with Crippen LogP contribution in [-0.2, 0) is 9.59 Å². The van der Waals surface area contributed by atoms with Gasteiger partial charge in [0.1, 0.15) is 6.04 Å². The van der Waals surface area contributed by atoms with Gasteiger partial charge in [-0.2, -0.15) is 0 Å². The molecule has 2 amide bonds. The summed E-state index contributed by atoms with van der Waals surface area (Å²) in [7, 11) is 0. The van der Waals surface area contributed by atoms with Gasteiger partial charge in [-0.25, -0.2) is 8.78 Å². The Morgan fingerprint density at radius 1 is 1.18 bits per heavy atom. The third kappa shape index (κ3) is 6.17. The van der Waals surface area contributed by atoms with Gasteiger partial charge in [-0.3, -0.25) is 9.59 Å². The monoisotopic (exact) mass is 314 g/mol. The molecular weight excluding hydrogens is 292 g/mol. The Morgan fingerprint density at radius 3 is 2.55 bits per heavy atom. The highest BCUT2D eigenvalue weighted by Crippen LogP contribution is 2.12. The number of halogens is 2. The number of carbonyl (C=O) groups excluding carboxylic acids is 2. The standard InChI is InChI=1S/C15H21F2N3O2/c1-3-6-18-14(21)9-20-15(22)8-19-10(2)11-4-5-12(16)13(17)7-11/h4-5,7,10,19H,3,6,8-9H2,1-2H3,(H,18,21)(H,20,22)/p+1/t10-/m1/s1. The molecule has 4 N–H and O–H groups in total. The maximum atomic E-state index is 13.1. The van der Waals surface area contributed by atoms with Crippen molar-refractivity contribution >= 4 is 11.8 Å². The second-order valence-corrected chi connectivity index (χ2v) is 5.03. The fraction of sp³-hybridized carbons (Fsp3) is 0.467. The lowest BCUT2D eigenvalue weighted by Crippen LogP contribution is -2.87. The highest BCUT2D eigenvalue weighted by Gasteiger charge is 2.14. The van der Waals surface area contributed by atoms with E-state index < -0.39 is 11.6 Å². The largest absolute Gasteiger partial charge is 0.355 e. The quantitative estimate of drug-likeness (QED) is 0.643. The van der Waals surface area contributed by atoms with Crippen LogP contribution in [0.1, 0.15) is 31.9 Å². The molecule has 0 unspecified atom stereocenters. The van der Waals surface area contributed by atoms with E-state index >= 15 is 0 Å². The molecule has 0 radical (unpaired) electrons. The lowest BCUT2D eigenvalue weighted by Gasteiger charge is -2.11. The van der Waals surface area contributed by atoms with Crippen LogP contribution in [0.2, 0.25) is 0 Å². The van der Waals surface area contributed by atoms with Crippen molar-refractivity contribution in [2.24, 2.45) is 0 Å². The second kappa shape index (κ2) is 9.09. The topological polar surface area (TPSA) is 74.8 Å². The number of nitrogens with one attached hydrogen (secondary N) is 2. The van der Waals surface area contributed by atoms with Crippen molar-refractivity contribution < 1.29 is 23.7 Å². The van der Waals surface area contributed by atoms with Crippen LogP contribution in [0.15, 0.2) is 18.2 Å². The first kappa shape index (κ1) is 18.0. The van der Waals surface area contributed by atoms with Gasteiger partial charge >= 0.3 is 0 Å². The molecule has 0 fully saturated rings. The smallest absolute Gasteiger partial charge is 0.275 e. The van der Waals surface area contributed by atoms with Crippen LogP contribution in [0.5, 0.6) is 0 Å². The van der Waals surface area contributed by atoms with Gasteiger partial charge in [-0.1, -0.05) is 6.92 Å². The molecular formula is C15H22F2N3O2+. The van der Waals surface area contributed by atoms with Crippen LogP contribution in [0, 0.1) is 11.6 Å². The van der Waals surface area contributed by atoms with Gasteiger partial charge in [-0.15, -0.1) is 0 Å². The van der Waals surface area contributed by atoms with E-state index in [0.717, 1.165) is 18.6 Å². The molecule has 7 heteroatoms. The highest BCUT2D eigenvalue weighted by molar-refractivity contribution is 5.84. The lowest BCUT2D eigenvalue weighted by atomic mass is 10.1. The van der Waals surface area contributed by atoms with Gasteiger partial charge < -0.3 is 16.0 Å². The number of rotatable bonds is 8. The van der Waals surface area contributed by atoms with Crippen molar-refractivity contribution in [2.75, 3.05) is 19.6 Å². The molecule has 0 aliphatic rings. The van der Waals surface area contributed by atoms with Crippen LogP contribution >= 0.6 is 0 Å². The van der Waals surface area contributed by atoms with Crippen molar-refractivity contribution in [2.45, 2.75) is 26.3 Å². The van der Waals surface area contributed by atoms with Crippen molar-refractivity contribution in [3.05, 3.63) is 35.4 Å². The van der Waals surface area contributed by atoms with Crippen molar-refractivity contribution in [1.29, 1.82) is 0 Å². The molecule has 0 aliphatic carbocycles. The molecule has 0 heterocycles. The first-order valence-corrected chi connectivity index (χ1v) is 7.25. The second-order valence-electron chi connectivity index (χ2n) is 5.03. The Bertz CT molecular complexity index is 524. The van der Waals surface area contributed by atoms with Gasteiger partial charge in [-0.05, 0) is 31.5 Å². The molecule has 122 valence electrons. The van der Waals surface area contributed by atoms with Crippen LogP contribution in [-0.4, -0.2) is 31.4 Å². The Hall–Kier alpha value is -2.02. The van der Waals surface area contributed by atoms with Gasteiger partial charge in [0.2, 0.25) is 5.91 Å². The molecule has 0 saturated carbocycles. The Morgan fingerprint density at radius 2 is 1.91 bits per heavy atom. The average molecular weight is 314 g/mol. The van der Waals surface area contributed by atoms with Crippen molar-refractivity contribution in [3.8, 4) is 0 Å². The molecule has 0 bridgehead atoms. The van der Waals surface area contributed by atoms with Gasteiger partial charge in [0.25, 0.3) is 5.91 Å². The number of hydrogen-bond acceptors (Lipinski definition) is 2. The number of nitrogens with two attached hydrogens (primary N) is 1. The number of quaternary nitrogens is 1. The van der Waals surface area contributed by atoms with Crippen LogP contribution < -0.4 is 16.0 Å². The molecule has 0 spiro atoms. The third-order valence-electron chi connectivity index (χ3n) is 3.14. The number of benzene rings is 1. The van der Waals surface area contributed by atoms with E-state index in [4.69, 9.17) is 0 Å². The zero-order valence-electron chi connectivity index (χ0n) is 12.8. The van der Waals surface area contributed by atoms with E-state index in [1.54, 1.807) is 12.2 Å². The normalized spacial score (nSPS) is 11.8. The minimum absolute atomic E-state index is 0.0633. The summed E-state index contributed by atoms with van der Waals surface area (Å²) < 4.78 is 26.0. The summed E-state index contributed by atoms with van der Waals surface area (Å²) in [6.45, 7) is 4.34. The minimum atomic E-state index is -0.908. The number of carbonyl (C=O) groups is 2. The summed E-state index contributed by atoms with van der Waals surface area (Å²) in [4.78, 5) is 22.9. The van der Waals surface area contributed by atoms with E-state index in [2.05, 4.69) is 10.6 Å². The van der Waals surface area contributed by atoms with E-state index in [-0.39, 0.29) is 30.9 Å². The lowest BCUT2D eigenvalue weighted by molar-refractivity contribution is -0.682. The Kier molecular flexibility index (Phi) is 7.45. The fourth-order valence-corrected chi connectivity index (χ4v) is 1.79. The maximum Gasteiger partial charge on any atom is 0.275 e. The molecule has 5 nitrogen and oxygen atoms in total. The summed E-state index contributed by atoms with van der Waals surface area (Å²) in [5.74, 6) is -2.33. The van der Waals surface area contributed by atoms with Gasteiger partial charge in [0, 0.05) is 12.1 Å². The average Bonchev–Trinajstić information content (AvgIpc) is 2.51. The zero-order valence-corrected chi connectivity index (χ0v) is 12.8. The summed E-state index contributed by atoms with van der Waals surface area (Å²) in [6.07, 6.45) is 0.833. The zero-order chi connectivity index (χ0) is 16.5. The SMILES string of the molecule is CCCNC(=O)CNC(=O)C[NH2+][C@H](C)c1ccc(F)c(F)c1. The predicted molar refractivity (Wildman–Crippen MR) is 77.9 cm³/mol. The Balaban J connectivity index is 2.34. The van der Waals surface area contributed by atoms with Crippen LogP contribution in [0.4, 0.5) is 8.78 Å². The van der Waals surface area contributed by atoms with Gasteiger partial charge in [0.05, 0.1) is 6.54 Å². The molecule has 1 atom stereocenters.